The van der Waals surface area contributed by atoms with Gasteiger partial charge in [-0.25, -0.2) is 0 Å². The van der Waals surface area contributed by atoms with Crippen LogP contribution in [-0.2, 0) is 4.74 Å². The first-order valence-electron chi connectivity index (χ1n) is 6.05. The maximum Gasteiger partial charge on any atom is 0.159 e. The molecular weight excluding hydrogens is 192 g/mol. The molecule has 0 aromatic rings. The average molecular weight is 214 g/mol. The van der Waals surface area contributed by atoms with Gasteiger partial charge in [-0.3, -0.25) is 0 Å². The van der Waals surface area contributed by atoms with Crippen molar-refractivity contribution in [1.82, 2.24) is 0 Å². The van der Waals surface area contributed by atoms with Gasteiger partial charge in [-0.1, -0.05) is 44.9 Å². The van der Waals surface area contributed by atoms with Crippen LogP contribution in [0.25, 0.3) is 0 Å². The van der Waals surface area contributed by atoms with Gasteiger partial charge in [0.25, 0.3) is 0 Å². The van der Waals surface area contributed by atoms with Crippen LogP contribution in [0.1, 0.15) is 64.2 Å². The summed E-state index contributed by atoms with van der Waals surface area (Å²) in [6.45, 7) is 0.846. The van der Waals surface area contributed by atoms with Crippen molar-refractivity contribution in [3.8, 4) is 0 Å². The highest BCUT2D eigenvalue weighted by Crippen LogP contribution is 2.12. The second-order valence-corrected chi connectivity index (χ2v) is 4.61. The highest BCUT2D eigenvalue weighted by molar-refractivity contribution is 7.80. The van der Waals surface area contributed by atoms with Gasteiger partial charge in [0.1, 0.15) is 0 Å². The highest BCUT2D eigenvalue weighted by atomic mass is 32.1. The van der Waals surface area contributed by atoms with Crippen molar-refractivity contribution in [3.63, 3.8) is 0 Å². The molecule has 0 aliphatic carbocycles. The first-order chi connectivity index (χ1) is 6.89. The SMILES string of the molecule is S=C1CCCCCCCCCCCO1. The Labute approximate surface area is 93.2 Å². The van der Waals surface area contributed by atoms with Crippen LogP contribution in [0.3, 0.4) is 0 Å². The summed E-state index contributed by atoms with van der Waals surface area (Å²) < 4.78 is 5.49. The molecule has 0 radical (unpaired) electrons. The number of thiocarbonyl (C=S) groups is 1. The second-order valence-electron chi connectivity index (χ2n) is 4.15. The largest absolute Gasteiger partial charge is 0.487 e. The fourth-order valence-electron chi connectivity index (χ4n) is 1.87. The Bertz CT molecular complexity index is 140. The normalized spacial score (nSPS) is 22.7. The molecule has 0 saturated carbocycles. The maximum atomic E-state index is 5.49. The third-order valence-electron chi connectivity index (χ3n) is 2.79. The number of hydrogen-bond acceptors (Lipinski definition) is 2. The highest BCUT2D eigenvalue weighted by Gasteiger charge is 2.00. The van der Waals surface area contributed by atoms with Crippen LogP contribution in [0.15, 0.2) is 0 Å². The van der Waals surface area contributed by atoms with E-state index in [1.54, 1.807) is 0 Å². The van der Waals surface area contributed by atoms with E-state index < -0.39 is 0 Å². The second kappa shape index (κ2) is 8.22. The van der Waals surface area contributed by atoms with E-state index in [1.807, 2.05) is 0 Å². The molecule has 82 valence electrons. The Morgan fingerprint density at radius 1 is 0.714 bits per heavy atom. The maximum absolute atomic E-state index is 5.49. The summed E-state index contributed by atoms with van der Waals surface area (Å²) in [5.74, 6) is 0. The van der Waals surface area contributed by atoms with Crippen LogP contribution in [0.5, 0.6) is 0 Å². The monoisotopic (exact) mass is 214 g/mol. The van der Waals surface area contributed by atoms with Gasteiger partial charge in [0.15, 0.2) is 5.05 Å². The summed E-state index contributed by atoms with van der Waals surface area (Å²) in [7, 11) is 0. The van der Waals surface area contributed by atoms with Crippen LogP contribution in [-0.4, -0.2) is 11.7 Å². The third-order valence-corrected chi connectivity index (χ3v) is 3.11. The van der Waals surface area contributed by atoms with E-state index in [-0.39, 0.29) is 0 Å². The summed E-state index contributed by atoms with van der Waals surface area (Å²) in [5.41, 5.74) is 0. The zero-order valence-electron chi connectivity index (χ0n) is 9.09. The van der Waals surface area contributed by atoms with Gasteiger partial charge in [-0.2, -0.15) is 0 Å². The first-order valence-corrected chi connectivity index (χ1v) is 6.46. The molecule has 0 aromatic heterocycles. The molecule has 2 heteroatoms. The molecule has 1 aliphatic heterocycles. The molecule has 0 unspecified atom stereocenters. The number of hydrogen-bond donors (Lipinski definition) is 0. The van der Waals surface area contributed by atoms with Crippen molar-refractivity contribution < 1.29 is 4.74 Å². The van der Waals surface area contributed by atoms with Crippen LogP contribution in [0, 0.1) is 0 Å². The lowest BCUT2D eigenvalue weighted by atomic mass is 10.1. The fraction of sp³-hybridized carbons (Fsp3) is 0.917. The zero-order valence-corrected chi connectivity index (χ0v) is 9.91. The van der Waals surface area contributed by atoms with Gasteiger partial charge < -0.3 is 4.74 Å². The molecule has 0 aromatic carbocycles. The van der Waals surface area contributed by atoms with Gasteiger partial charge in [-0.15, -0.1) is 0 Å². The quantitative estimate of drug-likeness (QED) is 0.558. The average Bonchev–Trinajstić information content (AvgIpc) is 2.20. The molecular formula is C12H22OS. The molecule has 0 spiro atoms. The molecule has 0 N–H and O–H groups in total. The molecule has 14 heavy (non-hydrogen) atoms. The van der Waals surface area contributed by atoms with E-state index in [0.717, 1.165) is 18.1 Å². The van der Waals surface area contributed by atoms with E-state index in [1.165, 1.54) is 57.8 Å². The van der Waals surface area contributed by atoms with Crippen LogP contribution in [0.2, 0.25) is 0 Å². The molecule has 1 saturated heterocycles. The molecule has 1 rings (SSSR count). The first kappa shape index (κ1) is 12.0. The summed E-state index contributed by atoms with van der Waals surface area (Å²) in [6.07, 6.45) is 13.0. The lowest BCUT2D eigenvalue weighted by molar-refractivity contribution is 0.291. The van der Waals surface area contributed by atoms with E-state index >= 15 is 0 Å². The minimum Gasteiger partial charge on any atom is -0.487 e. The van der Waals surface area contributed by atoms with Crippen molar-refractivity contribution in [3.05, 3.63) is 0 Å². The lowest BCUT2D eigenvalue weighted by Gasteiger charge is -2.06. The third kappa shape index (κ3) is 6.36. The number of ether oxygens (including phenoxy) is 1. The Morgan fingerprint density at radius 2 is 1.21 bits per heavy atom. The standard InChI is InChI=1S/C12H22OS/c14-12-10-8-6-4-2-1-3-5-7-9-11-13-12/h1-11H2. The summed E-state index contributed by atoms with van der Waals surface area (Å²) >= 11 is 5.15. The van der Waals surface area contributed by atoms with Crippen molar-refractivity contribution in [1.29, 1.82) is 0 Å². The zero-order chi connectivity index (χ0) is 10.1. The van der Waals surface area contributed by atoms with Crippen molar-refractivity contribution in [2.24, 2.45) is 0 Å². The van der Waals surface area contributed by atoms with E-state index in [0.29, 0.717) is 0 Å². The Balaban J connectivity index is 2.15. The molecule has 0 bridgehead atoms. The van der Waals surface area contributed by atoms with Crippen molar-refractivity contribution in [2.45, 2.75) is 64.2 Å². The smallest absolute Gasteiger partial charge is 0.159 e. The van der Waals surface area contributed by atoms with Gasteiger partial charge in [0, 0.05) is 6.42 Å². The van der Waals surface area contributed by atoms with Crippen LogP contribution < -0.4 is 0 Å². The van der Waals surface area contributed by atoms with Gasteiger partial charge >= 0.3 is 0 Å². The lowest BCUT2D eigenvalue weighted by Crippen LogP contribution is -2.03. The molecule has 0 amide bonds. The minimum atomic E-state index is 0.837. The van der Waals surface area contributed by atoms with Gasteiger partial charge in [0.05, 0.1) is 6.61 Å². The van der Waals surface area contributed by atoms with Gasteiger partial charge in [-0.05, 0) is 25.1 Å². The minimum absolute atomic E-state index is 0.837. The molecule has 1 aliphatic rings. The van der Waals surface area contributed by atoms with E-state index in [2.05, 4.69) is 0 Å². The molecule has 1 nitrogen and oxygen atoms in total. The van der Waals surface area contributed by atoms with Crippen molar-refractivity contribution in [2.75, 3.05) is 6.61 Å². The number of rotatable bonds is 0. The van der Waals surface area contributed by atoms with Crippen molar-refractivity contribution >= 4 is 17.3 Å². The van der Waals surface area contributed by atoms with Crippen LogP contribution >= 0.6 is 12.2 Å². The predicted octanol–water partition coefficient (Wildman–Crippen LogP) is 4.25. The van der Waals surface area contributed by atoms with E-state index in [9.17, 15) is 0 Å². The Morgan fingerprint density at radius 3 is 1.86 bits per heavy atom. The topological polar surface area (TPSA) is 9.23 Å². The van der Waals surface area contributed by atoms with E-state index in [4.69, 9.17) is 17.0 Å². The summed E-state index contributed by atoms with van der Waals surface area (Å²) in [5, 5.41) is 0.837. The Hall–Kier alpha value is -0.110. The Kier molecular flexibility index (Phi) is 7.02. The molecule has 1 fully saturated rings. The molecule has 0 atom stereocenters. The van der Waals surface area contributed by atoms with Crippen LogP contribution in [0.4, 0.5) is 0 Å². The molecule has 1 heterocycles. The van der Waals surface area contributed by atoms with Gasteiger partial charge in [0.2, 0.25) is 0 Å². The fourth-order valence-corrected chi connectivity index (χ4v) is 2.09. The predicted molar refractivity (Wildman–Crippen MR) is 64.7 cm³/mol. The summed E-state index contributed by atoms with van der Waals surface area (Å²) in [4.78, 5) is 0. The summed E-state index contributed by atoms with van der Waals surface area (Å²) in [6, 6.07) is 0.